The summed E-state index contributed by atoms with van der Waals surface area (Å²) in [6.07, 6.45) is 2.76. The van der Waals surface area contributed by atoms with Crippen LogP contribution in [0, 0.1) is 5.82 Å². The summed E-state index contributed by atoms with van der Waals surface area (Å²) in [6, 6.07) is 20.6. The van der Waals surface area contributed by atoms with Crippen LogP contribution in [-0.4, -0.2) is 13.0 Å². The molecule has 0 bridgehead atoms. The number of carbonyl (C=O) groups is 1. The van der Waals surface area contributed by atoms with Crippen LogP contribution in [0.15, 0.2) is 66.7 Å². The van der Waals surface area contributed by atoms with Gasteiger partial charge in [0.05, 0.1) is 19.6 Å². The van der Waals surface area contributed by atoms with Crippen molar-refractivity contribution in [2.75, 3.05) is 12.0 Å². The van der Waals surface area contributed by atoms with Gasteiger partial charge in [-0.1, -0.05) is 44.2 Å². The number of hydrogen-bond donors (Lipinski definition) is 0. The maximum absolute atomic E-state index is 14.0. The van der Waals surface area contributed by atoms with E-state index < -0.39 is 0 Å². The third-order valence-corrected chi connectivity index (χ3v) is 6.36. The maximum Gasteiger partial charge on any atom is 0.234 e. The number of fused-ring (bicyclic) bond motifs is 1. The molecule has 0 aromatic heterocycles. The molecule has 0 N–H and O–H groups in total. The molecule has 4 rings (SSSR count). The van der Waals surface area contributed by atoms with Gasteiger partial charge in [-0.05, 0) is 83.8 Å². The molecule has 0 radical (unpaired) electrons. The molecule has 1 aliphatic carbocycles. The first-order valence-electron chi connectivity index (χ1n) is 11.3. The first-order valence-corrected chi connectivity index (χ1v) is 11.3. The van der Waals surface area contributed by atoms with Gasteiger partial charge in [0.15, 0.2) is 0 Å². The molecule has 1 aliphatic rings. The highest BCUT2D eigenvalue weighted by Crippen LogP contribution is 2.37. The van der Waals surface area contributed by atoms with Crippen LogP contribution in [-0.2, 0) is 17.8 Å². The lowest BCUT2D eigenvalue weighted by Crippen LogP contribution is -2.36. The van der Waals surface area contributed by atoms with Crippen molar-refractivity contribution in [1.29, 1.82) is 0 Å². The molecule has 0 heterocycles. The quantitative estimate of drug-likeness (QED) is 0.439. The summed E-state index contributed by atoms with van der Waals surface area (Å²) in [5.41, 5.74) is 5.26. The number of anilines is 1. The highest BCUT2D eigenvalue weighted by Gasteiger charge is 2.31. The molecular formula is C28H30FNO2. The number of amides is 1. The van der Waals surface area contributed by atoms with Gasteiger partial charge in [-0.15, -0.1) is 0 Å². The van der Waals surface area contributed by atoms with Crippen LogP contribution >= 0.6 is 0 Å². The van der Waals surface area contributed by atoms with Crippen molar-refractivity contribution in [3.63, 3.8) is 0 Å². The van der Waals surface area contributed by atoms with E-state index in [0.29, 0.717) is 12.5 Å². The molecule has 166 valence electrons. The molecule has 32 heavy (non-hydrogen) atoms. The summed E-state index contributed by atoms with van der Waals surface area (Å²) in [5, 5.41) is 0. The van der Waals surface area contributed by atoms with Crippen LogP contribution in [0.2, 0.25) is 0 Å². The molecule has 4 heteroatoms. The SMILES string of the molecule is COc1ccc2c(c1)C(C(=O)N(Cc1ccc(F)cc1)c1ccc(C(C)C)cc1)CCC2. The van der Waals surface area contributed by atoms with E-state index in [9.17, 15) is 9.18 Å². The van der Waals surface area contributed by atoms with Crippen LogP contribution in [0.3, 0.4) is 0 Å². The van der Waals surface area contributed by atoms with Crippen LogP contribution in [0.5, 0.6) is 5.75 Å². The number of benzene rings is 3. The Bertz CT molecular complexity index is 1070. The zero-order valence-corrected chi connectivity index (χ0v) is 19.0. The zero-order valence-electron chi connectivity index (χ0n) is 19.0. The highest BCUT2D eigenvalue weighted by molar-refractivity contribution is 5.98. The Morgan fingerprint density at radius 2 is 1.78 bits per heavy atom. The lowest BCUT2D eigenvalue weighted by molar-refractivity contribution is -0.120. The summed E-state index contributed by atoms with van der Waals surface area (Å²) in [6.45, 7) is 4.71. The summed E-state index contributed by atoms with van der Waals surface area (Å²) in [4.78, 5) is 15.8. The topological polar surface area (TPSA) is 29.5 Å². The number of methoxy groups -OCH3 is 1. The standard InChI is InChI=1S/C28H30FNO2/c1-19(2)21-9-14-24(15-10-21)30(18-20-7-12-23(29)13-8-20)28(31)26-6-4-5-22-11-16-25(32-3)17-27(22)26/h7-17,19,26H,4-6,18H2,1-3H3. The smallest absolute Gasteiger partial charge is 0.234 e. The maximum atomic E-state index is 14.0. The average molecular weight is 432 g/mol. The molecule has 0 aliphatic heterocycles. The molecule has 0 saturated heterocycles. The van der Waals surface area contributed by atoms with Crippen LogP contribution in [0.25, 0.3) is 0 Å². The van der Waals surface area contributed by atoms with Gasteiger partial charge in [-0.2, -0.15) is 0 Å². The monoisotopic (exact) mass is 431 g/mol. The Hall–Kier alpha value is -3.14. The van der Waals surface area contributed by atoms with Gasteiger partial charge in [0.2, 0.25) is 5.91 Å². The van der Waals surface area contributed by atoms with Crippen molar-refractivity contribution in [2.24, 2.45) is 0 Å². The van der Waals surface area contributed by atoms with E-state index in [2.05, 4.69) is 32.0 Å². The second kappa shape index (κ2) is 9.56. The lowest BCUT2D eigenvalue weighted by Gasteiger charge is -2.31. The molecule has 0 spiro atoms. The summed E-state index contributed by atoms with van der Waals surface area (Å²) >= 11 is 0. The predicted molar refractivity (Wildman–Crippen MR) is 127 cm³/mol. The largest absolute Gasteiger partial charge is 0.497 e. The lowest BCUT2D eigenvalue weighted by atomic mass is 9.81. The van der Waals surface area contributed by atoms with E-state index in [-0.39, 0.29) is 17.6 Å². The van der Waals surface area contributed by atoms with Gasteiger partial charge in [0, 0.05) is 5.69 Å². The van der Waals surface area contributed by atoms with Gasteiger partial charge in [0.1, 0.15) is 11.6 Å². The Kier molecular flexibility index (Phi) is 6.59. The second-order valence-corrected chi connectivity index (χ2v) is 8.81. The fourth-order valence-electron chi connectivity index (χ4n) is 4.46. The Labute approximate surface area is 189 Å². The van der Waals surface area contributed by atoms with Gasteiger partial charge >= 0.3 is 0 Å². The second-order valence-electron chi connectivity index (χ2n) is 8.81. The molecule has 3 aromatic rings. The first kappa shape index (κ1) is 22.1. The van der Waals surface area contributed by atoms with E-state index in [4.69, 9.17) is 4.74 Å². The van der Waals surface area contributed by atoms with Crippen LogP contribution < -0.4 is 9.64 Å². The Morgan fingerprint density at radius 3 is 2.44 bits per heavy atom. The molecular weight excluding hydrogens is 401 g/mol. The normalized spacial score (nSPS) is 15.3. The van der Waals surface area contributed by atoms with Crippen molar-refractivity contribution < 1.29 is 13.9 Å². The summed E-state index contributed by atoms with van der Waals surface area (Å²) in [5.74, 6) is 0.763. The van der Waals surface area contributed by atoms with Crippen LogP contribution in [0.4, 0.5) is 10.1 Å². The fourth-order valence-corrected chi connectivity index (χ4v) is 4.46. The molecule has 0 fully saturated rings. The van der Waals surface area contributed by atoms with Crippen molar-refractivity contribution in [1.82, 2.24) is 0 Å². The number of hydrogen-bond acceptors (Lipinski definition) is 2. The van der Waals surface area contributed by atoms with Gasteiger partial charge < -0.3 is 9.64 Å². The number of carbonyl (C=O) groups excluding carboxylic acids is 1. The number of rotatable bonds is 6. The average Bonchev–Trinajstić information content (AvgIpc) is 2.82. The minimum absolute atomic E-state index is 0.0702. The third kappa shape index (κ3) is 4.69. The van der Waals surface area contributed by atoms with E-state index in [0.717, 1.165) is 41.8 Å². The predicted octanol–water partition coefficient (Wildman–Crippen LogP) is 6.61. The molecule has 1 unspecified atom stereocenters. The molecule has 1 atom stereocenters. The van der Waals surface area contributed by atoms with Crippen molar-refractivity contribution in [3.05, 3.63) is 94.8 Å². The molecule has 3 nitrogen and oxygen atoms in total. The van der Waals surface area contributed by atoms with E-state index in [1.54, 1.807) is 19.2 Å². The number of ether oxygens (including phenoxy) is 1. The number of nitrogens with zero attached hydrogens (tertiary/aromatic N) is 1. The molecule has 3 aromatic carbocycles. The third-order valence-electron chi connectivity index (χ3n) is 6.36. The van der Waals surface area contributed by atoms with Crippen molar-refractivity contribution in [2.45, 2.75) is 51.5 Å². The van der Waals surface area contributed by atoms with Crippen LogP contribution in [0.1, 0.15) is 60.8 Å². The van der Waals surface area contributed by atoms with E-state index >= 15 is 0 Å². The fraction of sp³-hybridized carbons (Fsp3) is 0.321. The first-order chi connectivity index (χ1) is 15.5. The van der Waals surface area contributed by atoms with E-state index in [1.807, 2.05) is 29.2 Å². The van der Waals surface area contributed by atoms with Gasteiger partial charge in [-0.25, -0.2) is 4.39 Å². The minimum atomic E-state index is -0.277. The molecule has 1 amide bonds. The Morgan fingerprint density at radius 1 is 1.06 bits per heavy atom. The van der Waals surface area contributed by atoms with Crippen molar-refractivity contribution >= 4 is 11.6 Å². The van der Waals surface area contributed by atoms with Gasteiger partial charge in [0.25, 0.3) is 0 Å². The van der Waals surface area contributed by atoms with Gasteiger partial charge in [-0.3, -0.25) is 4.79 Å². The number of halogens is 1. The minimum Gasteiger partial charge on any atom is -0.497 e. The van der Waals surface area contributed by atoms with Crippen molar-refractivity contribution in [3.8, 4) is 5.75 Å². The summed E-state index contributed by atoms with van der Waals surface area (Å²) in [7, 11) is 1.65. The number of aryl methyl sites for hydroxylation is 1. The molecule has 0 saturated carbocycles. The Balaban J connectivity index is 1.71. The van der Waals surface area contributed by atoms with E-state index in [1.165, 1.54) is 23.3 Å². The zero-order chi connectivity index (χ0) is 22.7. The highest BCUT2D eigenvalue weighted by atomic mass is 19.1. The summed E-state index contributed by atoms with van der Waals surface area (Å²) < 4.78 is 18.9.